The molecular formula is C24H20ClN7O. The molecule has 33 heavy (non-hydrogen) atoms. The van der Waals surface area contributed by atoms with Crippen molar-refractivity contribution in [3.63, 3.8) is 0 Å². The van der Waals surface area contributed by atoms with Gasteiger partial charge in [-0.15, -0.1) is 0 Å². The number of rotatable bonds is 6. The number of nitrogens with zero attached hydrogens (tertiary/aromatic N) is 6. The molecule has 0 radical (unpaired) electrons. The van der Waals surface area contributed by atoms with E-state index in [1.165, 1.54) is 24.7 Å². The standard InChI is InChI=1S/C24H20ClN7O/c25-17-5-6-31-14-28-20(21(31)7-17)10-24(33)30-22-9-18(26-13-27-22)8-19-12-32-11-16(15-1-2-15)3-4-23(32)29-19/h3-7,9,11-15H,1-2,8,10H2,(H,26,27,30,33). The maximum Gasteiger partial charge on any atom is 0.231 e. The van der Waals surface area contributed by atoms with Crippen LogP contribution in [0.25, 0.3) is 11.2 Å². The van der Waals surface area contributed by atoms with Gasteiger partial charge in [-0.25, -0.2) is 19.9 Å². The molecule has 5 aromatic heterocycles. The molecule has 5 heterocycles. The number of fused-ring (bicyclic) bond motifs is 2. The lowest BCUT2D eigenvalue weighted by Gasteiger charge is -2.05. The number of imidazole rings is 2. The van der Waals surface area contributed by atoms with Crippen LogP contribution in [0.4, 0.5) is 5.82 Å². The van der Waals surface area contributed by atoms with Crippen LogP contribution in [0, 0.1) is 0 Å². The molecule has 1 aliphatic rings. The third-order valence-corrected chi connectivity index (χ3v) is 6.07. The molecule has 0 atom stereocenters. The zero-order valence-corrected chi connectivity index (χ0v) is 18.4. The van der Waals surface area contributed by atoms with Gasteiger partial charge in [0.25, 0.3) is 0 Å². The van der Waals surface area contributed by atoms with Crippen molar-refractivity contribution >= 4 is 34.5 Å². The lowest BCUT2D eigenvalue weighted by molar-refractivity contribution is -0.115. The molecule has 0 unspecified atom stereocenters. The fourth-order valence-corrected chi connectivity index (χ4v) is 4.20. The van der Waals surface area contributed by atoms with E-state index in [0.717, 1.165) is 22.6 Å². The number of anilines is 1. The number of amides is 1. The van der Waals surface area contributed by atoms with E-state index in [2.05, 4.69) is 43.0 Å². The van der Waals surface area contributed by atoms with Gasteiger partial charge in [-0.05, 0) is 42.5 Å². The van der Waals surface area contributed by atoms with E-state index in [0.29, 0.717) is 28.9 Å². The van der Waals surface area contributed by atoms with Crippen molar-refractivity contribution in [3.05, 3.63) is 89.2 Å². The third kappa shape index (κ3) is 4.17. The highest BCUT2D eigenvalue weighted by molar-refractivity contribution is 6.30. The van der Waals surface area contributed by atoms with Crippen LogP contribution in [-0.4, -0.2) is 34.6 Å². The predicted molar refractivity (Wildman–Crippen MR) is 125 cm³/mol. The lowest BCUT2D eigenvalue weighted by atomic mass is 10.2. The largest absolute Gasteiger partial charge is 0.310 e. The summed E-state index contributed by atoms with van der Waals surface area (Å²) in [4.78, 5) is 30.2. The molecule has 0 aromatic carbocycles. The first-order valence-electron chi connectivity index (χ1n) is 10.8. The molecule has 164 valence electrons. The van der Waals surface area contributed by atoms with Crippen LogP contribution in [0.15, 0.2) is 61.6 Å². The van der Waals surface area contributed by atoms with Gasteiger partial charge in [0.2, 0.25) is 5.91 Å². The maximum absolute atomic E-state index is 12.6. The molecule has 5 aromatic rings. The summed E-state index contributed by atoms with van der Waals surface area (Å²) in [7, 11) is 0. The quantitative estimate of drug-likeness (QED) is 0.415. The van der Waals surface area contributed by atoms with E-state index >= 15 is 0 Å². The van der Waals surface area contributed by atoms with Crippen molar-refractivity contribution in [2.75, 3.05) is 5.32 Å². The lowest BCUT2D eigenvalue weighted by Crippen LogP contribution is -2.16. The zero-order chi connectivity index (χ0) is 22.4. The second kappa shape index (κ2) is 7.97. The first-order valence-corrected chi connectivity index (χ1v) is 11.2. The van der Waals surface area contributed by atoms with Crippen molar-refractivity contribution in [3.8, 4) is 0 Å². The molecule has 6 rings (SSSR count). The van der Waals surface area contributed by atoms with E-state index in [4.69, 9.17) is 16.6 Å². The Balaban J connectivity index is 1.16. The molecule has 9 heteroatoms. The van der Waals surface area contributed by atoms with Gasteiger partial charge in [-0.3, -0.25) is 4.79 Å². The first-order chi connectivity index (χ1) is 16.1. The van der Waals surface area contributed by atoms with Crippen LogP contribution in [0.1, 0.15) is 41.4 Å². The Bertz CT molecular complexity index is 1500. The molecule has 1 saturated carbocycles. The Labute approximate surface area is 194 Å². The van der Waals surface area contributed by atoms with Crippen LogP contribution in [0.3, 0.4) is 0 Å². The van der Waals surface area contributed by atoms with Gasteiger partial charge < -0.3 is 14.1 Å². The normalized spacial score (nSPS) is 13.6. The van der Waals surface area contributed by atoms with Gasteiger partial charge in [-0.1, -0.05) is 17.7 Å². The number of carbonyl (C=O) groups is 1. The van der Waals surface area contributed by atoms with Gasteiger partial charge in [0.05, 0.1) is 35.3 Å². The minimum atomic E-state index is -0.208. The van der Waals surface area contributed by atoms with Crippen LogP contribution in [0.5, 0.6) is 0 Å². The molecule has 1 amide bonds. The van der Waals surface area contributed by atoms with Gasteiger partial charge in [-0.2, -0.15) is 0 Å². The highest BCUT2D eigenvalue weighted by Crippen LogP contribution is 2.39. The summed E-state index contributed by atoms with van der Waals surface area (Å²) in [6, 6.07) is 9.58. The van der Waals surface area contributed by atoms with E-state index in [9.17, 15) is 4.79 Å². The highest BCUT2D eigenvalue weighted by atomic mass is 35.5. The first kappa shape index (κ1) is 19.9. The minimum Gasteiger partial charge on any atom is -0.310 e. The Hall–Kier alpha value is -3.78. The summed E-state index contributed by atoms with van der Waals surface area (Å²) in [6.07, 6.45) is 12.4. The molecule has 8 nitrogen and oxygen atoms in total. The second-order valence-electron chi connectivity index (χ2n) is 8.36. The van der Waals surface area contributed by atoms with Gasteiger partial charge in [0, 0.05) is 36.1 Å². The van der Waals surface area contributed by atoms with E-state index < -0.39 is 0 Å². The van der Waals surface area contributed by atoms with Crippen molar-refractivity contribution in [2.24, 2.45) is 0 Å². The minimum absolute atomic E-state index is 0.117. The molecule has 1 N–H and O–H groups in total. The monoisotopic (exact) mass is 457 g/mol. The SMILES string of the molecule is O=C(Cc1ncn2ccc(Cl)cc12)Nc1cc(Cc2cn3cc(C4CC4)ccc3n2)ncn1. The number of nitrogens with one attached hydrogen (secondary N) is 1. The topological polar surface area (TPSA) is 89.5 Å². The fraction of sp³-hybridized carbons (Fsp3) is 0.208. The van der Waals surface area contributed by atoms with Crippen LogP contribution in [0.2, 0.25) is 5.02 Å². The Kier molecular flexibility index (Phi) is 4.80. The summed E-state index contributed by atoms with van der Waals surface area (Å²) < 4.78 is 3.91. The zero-order valence-electron chi connectivity index (χ0n) is 17.6. The van der Waals surface area contributed by atoms with Crippen LogP contribution < -0.4 is 5.32 Å². The number of halogens is 1. The maximum atomic E-state index is 12.6. The van der Waals surface area contributed by atoms with Gasteiger partial charge >= 0.3 is 0 Å². The average molecular weight is 458 g/mol. The predicted octanol–water partition coefficient (Wildman–Crippen LogP) is 4.07. The number of hydrogen-bond acceptors (Lipinski definition) is 5. The summed E-state index contributed by atoms with van der Waals surface area (Å²) in [5.41, 5.74) is 5.44. The fourth-order valence-electron chi connectivity index (χ4n) is 4.04. The molecule has 1 aliphatic carbocycles. The number of carbonyl (C=O) groups excluding carboxylic acids is 1. The van der Waals surface area contributed by atoms with Crippen molar-refractivity contribution < 1.29 is 4.79 Å². The van der Waals surface area contributed by atoms with Gasteiger partial charge in [0.15, 0.2) is 0 Å². The summed E-state index contributed by atoms with van der Waals surface area (Å²) >= 11 is 6.08. The van der Waals surface area contributed by atoms with Crippen molar-refractivity contribution in [1.29, 1.82) is 0 Å². The molecular weight excluding hydrogens is 438 g/mol. The molecule has 0 spiro atoms. The van der Waals surface area contributed by atoms with Crippen LogP contribution in [-0.2, 0) is 17.6 Å². The molecule has 0 saturated heterocycles. The smallest absolute Gasteiger partial charge is 0.231 e. The average Bonchev–Trinajstić information content (AvgIpc) is 3.47. The Morgan fingerprint density at radius 3 is 2.85 bits per heavy atom. The van der Waals surface area contributed by atoms with Gasteiger partial charge in [0.1, 0.15) is 17.8 Å². The number of pyridine rings is 2. The number of hydrogen-bond donors (Lipinski definition) is 1. The van der Waals surface area contributed by atoms with Crippen LogP contribution >= 0.6 is 11.6 Å². The van der Waals surface area contributed by atoms with Crippen molar-refractivity contribution in [2.45, 2.75) is 31.6 Å². The number of aromatic nitrogens is 6. The highest BCUT2D eigenvalue weighted by Gasteiger charge is 2.23. The van der Waals surface area contributed by atoms with Crippen molar-refractivity contribution in [1.82, 2.24) is 28.7 Å². The summed E-state index contributed by atoms with van der Waals surface area (Å²) in [5, 5.41) is 3.44. The second-order valence-corrected chi connectivity index (χ2v) is 8.80. The van der Waals surface area contributed by atoms with E-state index in [-0.39, 0.29) is 12.3 Å². The Morgan fingerprint density at radius 1 is 1.06 bits per heavy atom. The molecule has 0 aliphatic heterocycles. The summed E-state index contributed by atoms with van der Waals surface area (Å²) in [6.45, 7) is 0. The third-order valence-electron chi connectivity index (χ3n) is 5.83. The Morgan fingerprint density at radius 2 is 1.97 bits per heavy atom. The van der Waals surface area contributed by atoms with E-state index in [1.54, 1.807) is 24.5 Å². The van der Waals surface area contributed by atoms with E-state index in [1.807, 2.05) is 16.8 Å². The molecule has 1 fully saturated rings. The summed E-state index contributed by atoms with van der Waals surface area (Å²) in [5.74, 6) is 0.942. The molecule has 0 bridgehead atoms.